The lowest BCUT2D eigenvalue weighted by Gasteiger charge is -2.21. The average Bonchev–Trinajstić information content (AvgIpc) is 3.08. The van der Waals surface area contributed by atoms with E-state index in [4.69, 9.17) is 4.74 Å². The van der Waals surface area contributed by atoms with E-state index in [0.29, 0.717) is 23.8 Å². The second kappa shape index (κ2) is 8.56. The van der Waals surface area contributed by atoms with Crippen LogP contribution in [-0.4, -0.2) is 42.2 Å². The minimum absolute atomic E-state index is 0.0807. The van der Waals surface area contributed by atoms with Crippen molar-refractivity contribution in [3.05, 3.63) is 36.6 Å². The average molecular weight is 332 g/mol. The first-order valence-electron chi connectivity index (χ1n) is 7.52. The highest BCUT2D eigenvalue weighted by Gasteiger charge is 2.17. The number of anilines is 2. The van der Waals surface area contributed by atoms with Gasteiger partial charge in [0, 0.05) is 18.3 Å². The molecule has 3 amide bonds. The third kappa shape index (κ3) is 5.01. The van der Waals surface area contributed by atoms with Crippen LogP contribution in [0.25, 0.3) is 0 Å². The molecule has 0 saturated carbocycles. The molecule has 8 heteroatoms. The zero-order chi connectivity index (χ0) is 17.4. The number of hydrogen-bond acceptors (Lipinski definition) is 5. The number of carbonyl (C=O) groups is 2. The summed E-state index contributed by atoms with van der Waals surface area (Å²) in [6.45, 7) is 2.31. The molecule has 0 aliphatic rings. The molecule has 0 aliphatic carbocycles. The van der Waals surface area contributed by atoms with Crippen molar-refractivity contribution in [3.8, 4) is 5.75 Å². The molecule has 1 aromatic carbocycles. The number of nitrogens with one attached hydrogen (secondary N) is 2. The van der Waals surface area contributed by atoms with Crippen molar-refractivity contribution >= 4 is 23.4 Å². The third-order valence-corrected chi connectivity index (χ3v) is 3.16. The summed E-state index contributed by atoms with van der Waals surface area (Å²) in [7, 11) is 1.57. The Bertz CT molecular complexity index is 655. The first-order chi connectivity index (χ1) is 11.6. The number of hydrogen-bond donors (Lipinski definition) is 2. The van der Waals surface area contributed by atoms with E-state index in [0.717, 1.165) is 6.42 Å². The summed E-state index contributed by atoms with van der Waals surface area (Å²) in [5.74, 6) is 0.666. The van der Waals surface area contributed by atoms with Gasteiger partial charge >= 0.3 is 6.03 Å². The van der Waals surface area contributed by atoms with E-state index in [1.54, 1.807) is 31.4 Å². The normalized spacial score (nSPS) is 10.1. The van der Waals surface area contributed by atoms with Crippen LogP contribution >= 0.6 is 0 Å². The van der Waals surface area contributed by atoms with Gasteiger partial charge in [-0.3, -0.25) is 4.79 Å². The van der Waals surface area contributed by atoms with Crippen molar-refractivity contribution in [2.24, 2.45) is 0 Å². The number of carbonyl (C=O) groups excluding carboxylic acids is 2. The van der Waals surface area contributed by atoms with Crippen LogP contribution in [0.1, 0.15) is 13.3 Å². The number of urea groups is 1. The minimum atomic E-state index is -0.350. The zero-order valence-corrected chi connectivity index (χ0v) is 13.6. The molecule has 1 heterocycles. The van der Waals surface area contributed by atoms with Crippen molar-refractivity contribution in [1.82, 2.24) is 10.1 Å². The van der Waals surface area contributed by atoms with Gasteiger partial charge in [0.2, 0.25) is 5.91 Å². The molecule has 2 N–H and O–H groups in total. The Hall–Kier alpha value is -3.03. The fraction of sp³-hybridized carbons (Fsp3) is 0.312. The monoisotopic (exact) mass is 332 g/mol. The van der Waals surface area contributed by atoms with Crippen LogP contribution < -0.4 is 15.4 Å². The smallest absolute Gasteiger partial charge is 0.322 e. The topological polar surface area (TPSA) is 96.7 Å². The first kappa shape index (κ1) is 17.3. The molecular formula is C16H20N4O4. The molecule has 0 bridgehead atoms. The van der Waals surface area contributed by atoms with Gasteiger partial charge in [-0.15, -0.1) is 0 Å². The Balaban J connectivity index is 1.94. The van der Waals surface area contributed by atoms with Crippen LogP contribution in [0.2, 0.25) is 0 Å². The number of amides is 3. The van der Waals surface area contributed by atoms with Crippen molar-refractivity contribution in [3.63, 3.8) is 0 Å². The lowest BCUT2D eigenvalue weighted by molar-refractivity contribution is -0.116. The van der Waals surface area contributed by atoms with Crippen LogP contribution in [0.15, 0.2) is 41.1 Å². The van der Waals surface area contributed by atoms with Crippen LogP contribution in [0.3, 0.4) is 0 Å². The molecule has 0 spiro atoms. The highest BCUT2D eigenvalue weighted by molar-refractivity contribution is 5.96. The van der Waals surface area contributed by atoms with Gasteiger partial charge in [-0.25, -0.2) is 4.79 Å². The predicted molar refractivity (Wildman–Crippen MR) is 89.0 cm³/mol. The van der Waals surface area contributed by atoms with E-state index < -0.39 is 0 Å². The summed E-state index contributed by atoms with van der Waals surface area (Å²) in [5, 5.41) is 8.92. The summed E-state index contributed by atoms with van der Waals surface area (Å²) < 4.78 is 9.72. The largest absolute Gasteiger partial charge is 0.497 e. The van der Waals surface area contributed by atoms with Crippen molar-refractivity contribution in [1.29, 1.82) is 0 Å². The van der Waals surface area contributed by atoms with E-state index in [1.165, 1.54) is 17.2 Å². The van der Waals surface area contributed by atoms with Crippen molar-refractivity contribution < 1.29 is 18.8 Å². The quantitative estimate of drug-likeness (QED) is 0.812. The fourth-order valence-corrected chi connectivity index (χ4v) is 2.03. The van der Waals surface area contributed by atoms with E-state index >= 15 is 0 Å². The summed E-state index contributed by atoms with van der Waals surface area (Å²) in [6.07, 6.45) is 2.09. The van der Waals surface area contributed by atoms with Gasteiger partial charge in [0.15, 0.2) is 5.82 Å². The summed E-state index contributed by atoms with van der Waals surface area (Å²) in [4.78, 5) is 25.8. The lowest BCUT2D eigenvalue weighted by atomic mass is 10.3. The van der Waals surface area contributed by atoms with E-state index in [1.807, 2.05) is 6.92 Å². The molecule has 0 saturated heterocycles. The number of aromatic nitrogens is 1. The molecule has 8 nitrogen and oxygen atoms in total. The SMILES string of the molecule is CCCN(CC(=O)Nc1ccon1)C(=O)Nc1ccc(OC)cc1. The Morgan fingerprint density at radius 1 is 1.21 bits per heavy atom. The molecule has 24 heavy (non-hydrogen) atoms. The molecular weight excluding hydrogens is 312 g/mol. The van der Waals surface area contributed by atoms with Gasteiger partial charge in [-0.1, -0.05) is 12.1 Å². The minimum Gasteiger partial charge on any atom is -0.497 e. The lowest BCUT2D eigenvalue weighted by Crippen LogP contribution is -2.41. The zero-order valence-electron chi connectivity index (χ0n) is 13.6. The third-order valence-electron chi connectivity index (χ3n) is 3.16. The highest BCUT2D eigenvalue weighted by atomic mass is 16.5. The molecule has 0 aliphatic heterocycles. The Morgan fingerprint density at radius 3 is 2.54 bits per heavy atom. The maximum Gasteiger partial charge on any atom is 0.322 e. The van der Waals surface area contributed by atoms with Gasteiger partial charge in [0.25, 0.3) is 0 Å². The molecule has 0 fully saturated rings. The molecule has 0 atom stereocenters. The van der Waals surface area contributed by atoms with Crippen molar-refractivity contribution in [2.45, 2.75) is 13.3 Å². The summed E-state index contributed by atoms with van der Waals surface area (Å²) >= 11 is 0. The Morgan fingerprint density at radius 2 is 1.96 bits per heavy atom. The standard InChI is InChI=1S/C16H20N4O4/c1-3-9-20(11-15(21)18-14-8-10-24-19-14)16(22)17-12-4-6-13(23-2)7-5-12/h4-8,10H,3,9,11H2,1-2H3,(H,17,22)(H,18,19,21). The molecule has 0 unspecified atom stereocenters. The fourth-order valence-electron chi connectivity index (χ4n) is 2.03. The van der Waals surface area contributed by atoms with E-state index in [2.05, 4.69) is 20.3 Å². The van der Waals surface area contributed by atoms with Crippen LogP contribution in [0.4, 0.5) is 16.3 Å². The number of methoxy groups -OCH3 is 1. The predicted octanol–water partition coefficient (Wildman–Crippen LogP) is 2.57. The number of nitrogens with zero attached hydrogens (tertiary/aromatic N) is 2. The molecule has 2 aromatic rings. The molecule has 2 rings (SSSR count). The highest BCUT2D eigenvalue weighted by Crippen LogP contribution is 2.15. The number of rotatable bonds is 7. The summed E-state index contributed by atoms with van der Waals surface area (Å²) in [5.41, 5.74) is 0.624. The van der Waals surface area contributed by atoms with Gasteiger partial charge in [0.05, 0.1) is 7.11 Å². The molecule has 1 aromatic heterocycles. The van der Waals surface area contributed by atoms with Gasteiger partial charge in [-0.2, -0.15) is 0 Å². The molecule has 128 valence electrons. The summed E-state index contributed by atoms with van der Waals surface area (Å²) in [6, 6.07) is 8.14. The number of benzene rings is 1. The van der Waals surface area contributed by atoms with Gasteiger partial charge in [-0.05, 0) is 30.7 Å². The first-order valence-corrected chi connectivity index (χ1v) is 7.52. The van der Waals surface area contributed by atoms with Gasteiger partial charge in [0.1, 0.15) is 18.6 Å². The Labute approximate surface area is 139 Å². The van der Waals surface area contributed by atoms with E-state index in [9.17, 15) is 9.59 Å². The maximum absolute atomic E-state index is 12.4. The van der Waals surface area contributed by atoms with Crippen LogP contribution in [0.5, 0.6) is 5.75 Å². The second-order valence-corrected chi connectivity index (χ2v) is 5.01. The van der Waals surface area contributed by atoms with Crippen LogP contribution in [-0.2, 0) is 4.79 Å². The number of ether oxygens (including phenoxy) is 1. The van der Waals surface area contributed by atoms with Crippen LogP contribution in [0, 0.1) is 0 Å². The molecule has 0 radical (unpaired) electrons. The van der Waals surface area contributed by atoms with Gasteiger partial charge < -0.3 is 24.8 Å². The Kier molecular flexibility index (Phi) is 6.18. The maximum atomic E-state index is 12.4. The second-order valence-electron chi connectivity index (χ2n) is 5.01. The van der Waals surface area contributed by atoms with Crippen molar-refractivity contribution in [2.75, 3.05) is 30.8 Å². The van der Waals surface area contributed by atoms with E-state index in [-0.39, 0.29) is 18.5 Å².